The molecule has 1 unspecified atom stereocenters. The minimum atomic E-state index is -0.589. The number of benzene rings is 2. The van der Waals surface area contributed by atoms with E-state index in [4.69, 9.17) is 14.5 Å². The van der Waals surface area contributed by atoms with E-state index in [1.165, 1.54) is 0 Å². The van der Waals surface area contributed by atoms with Gasteiger partial charge in [-0.25, -0.2) is 0 Å². The van der Waals surface area contributed by atoms with Gasteiger partial charge in [-0.15, -0.1) is 0 Å². The van der Waals surface area contributed by atoms with E-state index in [1.807, 2.05) is 70.3 Å². The third kappa shape index (κ3) is 5.50. The Labute approximate surface area is 186 Å². The van der Waals surface area contributed by atoms with Crippen LogP contribution < -0.4 is 0 Å². The van der Waals surface area contributed by atoms with Gasteiger partial charge in [-0.2, -0.15) is 0 Å². The highest BCUT2D eigenvalue weighted by atomic mass is 16.5. The number of ether oxygens (including phenoxy) is 2. The molecule has 3 heteroatoms. The number of rotatable bonds is 8. The van der Waals surface area contributed by atoms with E-state index < -0.39 is 5.60 Å². The molecule has 1 aromatic heterocycles. The van der Waals surface area contributed by atoms with E-state index >= 15 is 0 Å². The predicted molar refractivity (Wildman–Crippen MR) is 130 cm³/mol. The molecule has 1 heterocycles. The Kier molecular flexibility index (Phi) is 7.09. The highest BCUT2D eigenvalue weighted by molar-refractivity contribution is 5.82. The average molecular weight is 414 g/mol. The molecular formula is C28H31NO2. The minimum Gasteiger partial charge on any atom is -0.488 e. The van der Waals surface area contributed by atoms with Crippen molar-refractivity contribution in [2.24, 2.45) is 0 Å². The van der Waals surface area contributed by atoms with Gasteiger partial charge < -0.3 is 9.47 Å². The van der Waals surface area contributed by atoms with Gasteiger partial charge in [-0.05, 0) is 56.5 Å². The van der Waals surface area contributed by atoms with E-state index in [0.29, 0.717) is 0 Å². The van der Waals surface area contributed by atoms with E-state index in [2.05, 4.69) is 43.0 Å². The van der Waals surface area contributed by atoms with E-state index in [0.717, 1.165) is 39.3 Å². The third-order valence-electron chi connectivity index (χ3n) is 5.38. The summed E-state index contributed by atoms with van der Waals surface area (Å²) in [7, 11) is 1.69. The van der Waals surface area contributed by atoms with E-state index in [9.17, 15) is 0 Å². The summed E-state index contributed by atoms with van der Waals surface area (Å²) < 4.78 is 11.6. The summed E-state index contributed by atoms with van der Waals surface area (Å²) in [5.41, 5.74) is 5.53. The summed E-state index contributed by atoms with van der Waals surface area (Å²) in [4.78, 5) is 4.75. The third-order valence-corrected chi connectivity index (χ3v) is 5.38. The highest BCUT2D eigenvalue weighted by Crippen LogP contribution is 2.36. The van der Waals surface area contributed by atoms with Crippen LogP contribution in [0.25, 0.3) is 28.0 Å². The van der Waals surface area contributed by atoms with Crippen molar-refractivity contribution < 1.29 is 9.47 Å². The van der Waals surface area contributed by atoms with Crippen LogP contribution in [0.5, 0.6) is 0 Å². The lowest BCUT2D eigenvalue weighted by atomic mass is 9.88. The van der Waals surface area contributed by atoms with Crippen molar-refractivity contribution in [3.8, 4) is 22.4 Å². The van der Waals surface area contributed by atoms with Crippen LogP contribution in [0.1, 0.15) is 33.3 Å². The second kappa shape index (κ2) is 9.76. The van der Waals surface area contributed by atoms with Crippen LogP contribution in [0.3, 0.4) is 0 Å². The van der Waals surface area contributed by atoms with Gasteiger partial charge in [0.25, 0.3) is 0 Å². The molecule has 3 nitrogen and oxygen atoms in total. The number of aromatic nitrogens is 1. The number of hydrogen-bond donors (Lipinski definition) is 0. The van der Waals surface area contributed by atoms with Gasteiger partial charge in [0.05, 0.1) is 17.6 Å². The first-order chi connectivity index (χ1) is 14.8. The van der Waals surface area contributed by atoms with Crippen molar-refractivity contribution in [2.75, 3.05) is 7.11 Å². The van der Waals surface area contributed by atoms with Gasteiger partial charge >= 0.3 is 0 Å². The number of hydrogen-bond acceptors (Lipinski definition) is 3. The first-order valence-electron chi connectivity index (χ1n) is 10.5. The van der Waals surface area contributed by atoms with Crippen LogP contribution in [0.2, 0.25) is 0 Å². The number of nitrogens with zero attached hydrogens (tertiary/aromatic N) is 1. The first kappa shape index (κ1) is 22.5. The van der Waals surface area contributed by atoms with Crippen LogP contribution in [0.15, 0.2) is 91.3 Å². The zero-order chi connectivity index (χ0) is 22.4. The maximum Gasteiger partial charge on any atom is 0.128 e. The van der Waals surface area contributed by atoms with Crippen molar-refractivity contribution in [1.29, 1.82) is 0 Å². The Morgan fingerprint density at radius 2 is 1.65 bits per heavy atom. The van der Waals surface area contributed by atoms with E-state index in [1.54, 1.807) is 7.11 Å². The standard InChI is InChI=1S/C28H31NO2/c1-20(30-6)18-21(2)31-28(4,5)22(3)25-14-10-11-15-26(25)27-17-16-24(19-29-27)23-12-8-7-9-13-23/h7-20H,3H2,1-2,4-6H3/b21-18-. The van der Waals surface area contributed by atoms with Gasteiger partial charge in [0.2, 0.25) is 0 Å². The molecule has 160 valence electrons. The van der Waals surface area contributed by atoms with Crippen molar-refractivity contribution in [1.82, 2.24) is 4.98 Å². The van der Waals surface area contributed by atoms with Crippen molar-refractivity contribution in [2.45, 2.75) is 39.4 Å². The monoisotopic (exact) mass is 413 g/mol. The second-order valence-electron chi connectivity index (χ2n) is 8.15. The smallest absolute Gasteiger partial charge is 0.128 e. The van der Waals surface area contributed by atoms with Crippen LogP contribution in [0, 0.1) is 0 Å². The molecule has 31 heavy (non-hydrogen) atoms. The average Bonchev–Trinajstić information content (AvgIpc) is 2.78. The fraction of sp³-hybridized carbons (Fsp3) is 0.250. The minimum absolute atomic E-state index is 0.0105. The Balaban J connectivity index is 1.89. The zero-order valence-corrected chi connectivity index (χ0v) is 19.1. The summed E-state index contributed by atoms with van der Waals surface area (Å²) in [6.07, 6.45) is 3.87. The summed E-state index contributed by atoms with van der Waals surface area (Å²) >= 11 is 0. The van der Waals surface area contributed by atoms with Gasteiger partial charge in [0.15, 0.2) is 0 Å². The van der Waals surface area contributed by atoms with Gasteiger partial charge in [0, 0.05) is 24.4 Å². The Bertz CT molecular complexity index is 1050. The Morgan fingerprint density at radius 1 is 0.968 bits per heavy atom. The normalized spacial score (nSPS) is 13.0. The molecule has 0 aliphatic heterocycles. The van der Waals surface area contributed by atoms with E-state index in [-0.39, 0.29) is 6.10 Å². The first-order valence-corrected chi connectivity index (χ1v) is 10.5. The summed E-state index contributed by atoms with van der Waals surface area (Å²) in [5, 5.41) is 0. The lowest BCUT2D eigenvalue weighted by molar-refractivity contribution is 0.0817. The molecule has 0 aliphatic carbocycles. The largest absolute Gasteiger partial charge is 0.488 e. The molecule has 0 amide bonds. The molecule has 0 saturated heterocycles. The quantitative estimate of drug-likeness (QED) is 0.367. The van der Waals surface area contributed by atoms with Crippen LogP contribution in [0.4, 0.5) is 0 Å². The molecule has 3 rings (SSSR count). The molecular weight excluding hydrogens is 382 g/mol. The maximum atomic E-state index is 6.26. The molecule has 0 N–H and O–H groups in total. The molecule has 0 spiro atoms. The molecule has 0 radical (unpaired) electrons. The van der Waals surface area contributed by atoms with Gasteiger partial charge in [-0.3, -0.25) is 4.98 Å². The molecule has 0 aliphatic rings. The molecule has 1 atom stereocenters. The van der Waals surface area contributed by atoms with Gasteiger partial charge in [-0.1, -0.05) is 67.2 Å². The number of pyridine rings is 1. The van der Waals surface area contributed by atoms with Crippen LogP contribution in [-0.2, 0) is 9.47 Å². The SMILES string of the molecule is C=C(c1ccccc1-c1ccc(-c2ccccc2)cn1)C(C)(C)O/C(C)=C\C(C)OC. The van der Waals surface area contributed by atoms with Gasteiger partial charge in [0.1, 0.15) is 5.60 Å². The molecule has 0 fully saturated rings. The lowest BCUT2D eigenvalue weighted by Crippen LogP contribution is -2.25. The predicted octanol–water partition coefficient (Wildman–Crippen LogP) is 7.16. The topological polar surface area (TPSA) is 31.4 Å². The molecule has 3 aromatic rings. The second-order valence-corrected chi connectivity index (χ2v) is 8.15. The zero-order valence-electron chi connectivity index (χ0n) is 19.1. The van der Waals surface area contributed by atoms with Crippen molar-refractivity contribution in [3.05, 3.63) is 96.9 Å². The summed E-state index contributed by atoms with van der Waals surface area (Å²) in [5.74, 6) is 0.809. The summed E-state index contributed by atoms with van der Waals surface area (Å²) in [6, 6.07) is 22.6. The fourth-order valence-electron chi connectivity index (χ4n) is 3.55. The Hall–Kier alpha value is -3.17. The highest BCUT2D eigenvalue weighted by Gasteiger charge is 2.27. The molecule has 0 saturated carbocycles. The number of methoxy groups -OCH3 is 1. The lowest BCUT2D eigenvalue weighted by Gasteiger charge is -2.30. The van der Waals surface area contributed by atoms with Crippen molar-refractivity contribution in [3.63, 3.8) is 0 Å². The van der Waals surface area contributed by atoms with Crippen LogP contribution in [-0.4, -0.2) is 23.8 Å². The van der Waals surface area contributed by atoms with Crippen LogP contribution >= 0.6 is 0 Å². The molecule has 0 bridgehead atoms. The molecule has 2 aromatic carbocycles. The maximum absolute atomic E-state index is 6.26. The Morgan fingerprint density at radius 3 is 2.29 bits per heavy atom. The number of allylic oxidation sites excluding steroid dienone is 1. The summed E-state index contributed by atoms with van der Waals surface area (Å²) in [6.45, 7) is 12.4. The fourth-order valence-corrected chi connectivity index (χ4v) is 3.55. The van der Waals surface area contributed by atoms with Crippen molar-refractivity contribution >= 4 is 5.57 Å².